The number of nitrogens with one attached hydrogen (secondary N) is 1. The van der Waals surface area contributed by atoms with Crippen LogP contribution >= 0.6 is 11.3 Å². The fourth-order valence-corrected chi connectivity index (χ4v) is 2.17. The lowest BCUT2D eigenvalue weighted by Crippen LogP contribution is -2.35. The van der Waals surface area contributed by atoms with Crippen molar-refractivity contribution in [2.24, 2.45) is 0 Å². The molecule has 1 aromatic rings. The highest BCUT2D eigenvalue weighted by Crippen LogP contribution is 2.12. The molecule has 104 valence electrons. The maximum Gasteiger partial charge on any atom is 0.107 e. The maximum atomic E-state index is 5.06. The van der Waals surface area contributed by atoms with Crippen LogP contribution in [-0.2, 0) is 17.8 Å². The number of rotatable bonds is 7. The first kappa shape index (κ1) is 15.6. The Balaban J connectivity index is 2.38. The van der Waals surface area contributed by atoms with Gasteiger partial charge in [0.05, 0.1) is 12.3 Å². The quantitative estimate of drug-likeness (QED) is 0.824. The third kappa shape index (κ3) is 6.44. The second kappa shape index (κ2) is 7.19. The molecule has 4 nitrogen and oxygen atoms in total. The summed E-state index contributed by atoms with van der Waals surface area (Å²) >= 11 is 1.72. The van der Waals surface area contributed by atoms with Crippen LogP contribution < -0.4 is 5.32 Å². The zero-order valence-electron chi connectivity index (χ0n) is 12.1. The van der Waals surface area contributed by atoms with Crippen LogP contribution in [0.15, 0.2) is 5.38 Å². The summed E-state index contributed by atoms with van der Waals surface area (Å²) in [5.74, 6) is 0. The Morgan fingerprint density at radius 2 is 2.17 bits per heavy atom. The molecule has 0 aliphatic rings. The average Bonchev–Trinajstić information content (AvgIpc) is 2.70. The van der Waals surface area contributed by atoms with Crippen LogP contribution in [0.4, 0.5) is 0 Å². The molecular weight excluding hydrogens is 246 g/mol. The molecule has 1 N–H and O–H groups in total. The monoisotopic (exact) mass is 271 g/mol. The summed E-state index contributed by atoms with van der Waals surface area (Å²) in [6.07, 6.45) is 0. The molecule has 0 atom stereocenters. The van der Waals surface area contributed by atoms with Gasteiger partial charge >= 0.3 is 0 Å². The number of ether oxygens (including phenoxy) is 1. The van der Waals surface area contributed by atoms with Crippen LogP contribution in [0.1, 0.15) is 31.5 Å². The minimum Gasteiger partial charge on any atom is -0.383 e. The highest BCUT2D eigenvalue weighted by atomic mass is 32.1. The van der Waals surface area contributed by atoms with Gasteiger partial charge < -0.3 is 10.1 Å². The van der Waals surface area contributed by atoms with Crippen LogP contribution in [0.3, 0.4) is 0 Å². The van der Waals surface area contributed by atoms with Gasteiger partial charge in [-0.15, -0.1) is 11.3 Å². The molecule has 0 aromatic carbocycles. The summed E-state index contributed by atoms with van der Waals surface area (Å²) in [4.78, 5) is 6.86. The van der Waals surface area contributed by atoms with Gasteiger partial charge in [0, 0.05) is 37.7 Å². The third-order valence-corrected chi connectivity index (χ3v) is 3.38. The molecule has 0 radical (unpaired) electrons. The van der Waals surface area contributed by atoms with E-state index in [0.717, 1.165) is 36.9 Å². The van der Waals surface area contributed by atoms with Gasteiger partial charge in [-0.05, 0) is 27.8 Å². The highest BCUT2D eigenvalue weighted by molar-refractivity contribution is 7.09. The molecular formula is C13H25N3OS. The first-order chi connectivity index (χ1) is 8.40. The van der Waals surface area contributed by atoms with Gasteiger partial charge in [-0.3, -0.25) is 4.90 Å². The van der Waals surface area contributed by atoms with Crippen molar-refractivity contribution in [3.05, 3.63) is 16.1 Å². The Hall–Kier alpha value is -0.490. The molecule has 1 aromatic heterocycles. The molecule has 0 aliphatic heterocycles. The van der Waals surface area contributed by atoms with Crippen molar-refractivity contribution in [2.45, 2.75) is 39.4 Å². The number of hydrogen-bond donors (Lipinski definition) is 1. The molecule has 0 saturated carbocycles. The molecule has 0 amide bonds. The van der Waals surface area contributed by atoms with E-state index >= 15 is 0 Å². The highest BCUT2D eigenvalue weighted by Gasteiger charge is 2.10. The number of aromatic nitrogens is 1. The number of hydrogen-bond acceptors (Lipinski definition) is 5. The molecule has 0 unspecified atom stereocenters. The molecule has 0 fully saturated rings. The van der Waals surface area contributed by atoms with Gasteiger partial charge in [-0.2, -0.15) is 0 Å². The zero-order chi connectivity index (χ0) is 13.6. The average molecular weight is 271 g/mol. The van der Waals surface area contributed by atoms with Gasteiger partial charge in [0.15, 0.2) is 0 Å². The summed E-state index contributed by atoms with van der Waals surface area (Å²) < 4.78 is 5.06. The van der Waals surface area contributed by atoms with Crippen LogP contribution in [0.2, 0.25) is 0 Å². The second-order valence-electron chi connectivity index (χ2n) is 5.57. The predicted octanol–water partition coefficient (Wildman–Crippen LogP) is 2.11. The summed E-state index contributed by atoms with van der Waals surface area (Å²) in [6.45, 7) is 9.92. The van der Waals surface area contributed by atoms with E-state index in [9.17, 15) is 0 Å². The Morgan fingerprint density at radius 1 is 1.44 bits per heavy atom. The van der Waals surface area contributed by atoms with Crippen molar-refractivity contribution in [2.75, 3.05) is 27.3 Å². The number of methoxy groups -OCH3 is 1. The summed E-state index contributed by atoms with van der Waals surface area (Å²) in [7, 11) is 3.82. The van der Waals surface area contributed by atoms with Crippen molar-refractivity contribution in [3.8, 4) is 0 Å². The lowest BCUT2D eigenvalue weighted by Gasteiger charge is -2.19. The fourth-order valence-electron chi connectivity index (χ4n) is 1.45. The Morgan fingerprint density at radius 3 is 2.78 bits per heavy atom. The van der Waals surface area contributed by atoms with Crippen molar-refractivity contribution < 1.29 is 4.74 Å². The van der Waals surface area contributed by atoms with Crippen molar-refractivity contribution in [3.63, 3.8) is 0 Å². The topological polar surface area (TPSA) is 37.4 Å². The molecule has 0 bridgehead atoms. The lowest BCUT2D eigenvalue weighted by molar-refractivity contribution is 0.158. The third-order valence-electron chi connectivity index (χ3n) is 2.48. The Bertz CT molecular complexity index is 346. The molecule has 5 heteroatoms. The SMILES string of the molecule is COCCN(C)Cc1csc(CNC(C)(C)C)n1. The fraction of sp³-hybridized carbons (Fsp3) is 0.769. The predicted molar refractivity (Wildman–Crippen MR) is 76.9 cm³/mol. The van der Waals surface area contributed by atoms with Crippen molar-refractivity contribution in [1.82, 2.24) is 15.2 Å². The van der Waals surface area contributed by atoms with Crippen LogP contribution in [0.5, 0.6) is 0 Å². The summed E-state index contributed by atoms with van der Waals surface area (Å²) in [5.41, 5.74) is 1.28. The second-order valence-corrected chi connectivity index (χ2v) is 6.51. The minimum atomic E-state index is 0.140. The maximum absolute atomic E-state index is 5.06. The number of likely N-dealkylation sites (N-methyl/N-ethyl adjacent to an activating group) is 1. The Labute approximate surface area is 114 Å². The number of thiazole rings is 1. The van der Waals surface area contributed by atoms with E-state index in [1.54, 1.807) is 18.4 Å². The van der Waals surface area contributed by atoms with E-state index < -0.39 is 0 Å². The molecule has 0 aliphatic carbocycles. The van der Waals surface area contributed by atoms with Crippen molar-refractivity contribution in [1.29, 1.82) is 0 Å². The minimum absolute atomic E-state index is 0.140. The molecule has 18 heavy (non-hydrogen) atoms. The standard InChI is InChI=1S/C13H25N3OS/c1-13(2,3)14-8-12-15-11(10-18-12)9-16(4)6-7-17-5/h10,14H,6-9H2,1-5H3. The first-order valence-electron chi connectivity index (χ1n) is 6.26. The molecule has 0 saturated heterocycles. The smallest absolute Gasteiger partial charge is 0.107 e. The van der Waals surface area contributed by atoms with Gasteiger partial charge in [-0.25, -0.2) is 4.98 Å². The van der Waals surface area contributed by atoms with E-state index in [4.69, 9.17) is 4.74 Å². The van der Waals surface area contributed by atoms with Crippen LogP contribution in [-0.4, -0.2) is 42.7 Å². The Kier molecular flexibility index (Phi) is 6.21. The van der Waals surface area contributed by atoms with Gasteiger partial charge in [0.1, 0.15) is 5.01 Å². The largest absolute Gasteiger partial charge is 0.383 e. The summed E-state index contributed by atoms with van der Waals surface area (Å²) in [6, 6.07) is 0. The van der Waals surface area contributed by atoms with Crippen LogP contribution in [0, 0.1) is 0 Å². The summed E-state index contributed by atoms with van der Waals surface area (Å²) in [5, 5.41) is 6.75. The zero-order valence-corrected chi connectivity index (χ0v) is 12.9. The normalized spacial score (nSPS) is 12.3. The van der Waals surface area contributed by atoms with E-state index in [2.05, 4.69) is 48.4 Å². The first-order valence-corrected chi connectivity index (χ1v) is 7.14. The molecule has 0 spiro atoms. The van der Waals surface area contributed by atoms with E-state index in [1.165, 1.54) is 0 Å². The van der Waals surface area contributed by atoms with Gasteiger partial charge in [-0.1, -0.05) is 0 Å². The van der Waals surface area contributed by atoms with E-state index in [1.807, 2.05) is 0 Å². The van der Waals surface area contributed by atoms with E-state index in [0.29, 0.717) is 0 Å². The van der Waals surface area contributed by atoms with Crippen molar-refractivity contribution >= 4 is 11.3 Å². The lowest BCUT2D eigenvalue weighted by atomic mass is 10.1. The van der Waals surface area contributed by atoms with Crippen LogP contribution in [0.25, 0.3) is 0 Å². The van der Waals surface area contributed by atoms with Gasteiger partial charge in [0.2, 0.25) is 0 Å². The molecule has 1 heterocycles. The molecule has 1 rings (SSSR count). The number of nitrogens with zero attached hydrogens (tertiary/aromatic N) is 2. The van der Waals surface area contributed by atoms with Gasteiger partial charge in [0.25, 0.3) is 0 Å². The van der Waals surface area contributed by atoms with E-state index in [-0.39, 0.29) is 5.54 Å².